The Morgan fingerprint density at radius 1 is 1.00 bits per heavy atom. The van der Waals surface area contributed by atoms with Crippen LogP contribution in [-0.4, -0.2) is 11.1 Å². The average Bonchev–Trinajstić information content (AvgIpc) is 2.82. The summed E-state index contributed by atoms with van der Waals surface area (Å²) in [6, 6.07) is 15.5. The van der Waals surface area contributed by atoms with Crippen LogP contribution in [0.2, 0.25) is 0 Å². The molecule has 0 bridgehead atoms. The summed E-state index contributed by atoms with van der Waals surface area (Å²) in [5, 5.41) is 1.37. The monoisotopic (exact) mass is 320 g/mol. The van der Waals surface area contributed by atoms with Crippen LogP contribution in [0, 0.1) is 20.8 Å². The summed E-state index contributed by atoms with van der Waals surface area (Å²) in [5.74, 6) is 0.360. The van der Waals surface area contributed by atoms with E-state index in [0.29, 0.717) is 12.5 Å². The van der Waals surface area contributed by atoms with Crippen molar-refractivity contribution in [3.8, 4) is 0 Å². The van der Waals surface area contributed by atoms with E-state index in [1.807, 2.05) is 0 Å². The van der Waals surface area contributed by atoms with Gasteiger partial charge in [0.2, 0.25) is 0 Å². The standard InChI is InChI=1S/C22H28N2/c1-5-24-17(4)21(20-8-6-7-9-22(20)24)13-19(14-23)18-11-15(2)10-16(3)12-18/h6-12,19H,5,13-14,23H2,1-4H3. The van der Waals surface area contributed by atoms with Gasteiger partial charge in [0.15, 0.2) is 0 Å². The van der Waals surface area contributed by atoms with Gasteiger partial charge < -0.3 is 10.3 Å². The third-order valence-electron chi connectivity index (χ3n) is 5.13. The molecule has 1 atom stereocenters. The summed E-state index contributed by atoms with van der Waals surface area (Å²) in [4.78, 5) is 0. The number of fused-ring (bicyclic) bond motifs is 1. The van der Waals surface area contributed by atoms with Crippen molar-refractivity contribution in [3.63, 3.8) is 0 Å². The van der Waals surface area contributed by atoms with Crippen molar-refractivity contribution in [2.45, 2.75) is 46.6 Å². The third-order valence-corrected chi connectivity index (χ3v) is 5.13. The van der Waals surface area contributed by atoms with Gasteiger partial charge in [0.05, 0.1) is 0 Å². The largest absolute Gasteiger partial charge is 0.345 e. The lowest BCUT2D eigenvalue weighted by Crippen LogP contribution is -2.16. The molecule has 3 rings (SSSR count). The minimum atomic E-state index is 0.360. The van der Waals surface area contributed by atoms with Crippen LogP contribution < -0.4 is 5.73 Å². The number of aryl methyl sites for hydroxylation is 3. The molecule has 3 aromatic rings. The zero-order valence-electron chi connectivity index (χ0n) is 15.3. The van der Waals surface area contributed by atoms with Crippen molar-refractivity contribution in [2.24, 2.45) is 5.73 Å². The molecule has 0 spiro atoms. The molecule has 2 heteroatoms. The SMILES string of the molecule is CCn1c(C)c(CC(CN)c2cc(C)cc(C)c2)c2ccccc21. The minimum Gasteiger partial charge on any atom is -0.345 e. The second-order valence-electron chi connectivity index (χ2n) is 6.88. The Morgan fingerprint density at radius 3 is 2.29 bits per heavy atom. The Labute approximate surface area is 145 Å². The van der Waals surface area contributed by atoms with E-state index in [9.17, 15) is 0 Å². The second-order valence-corrected chi connectivity index (χ2v) is 6.88. The zero-order chi connectivity index (χ0) is 17.3. The fourth-order valence-corrected chi connectivity index (χ4v) is 4.00. The molecule has 1 unspecified atom stereocenters. The van der Waals surface area contributed by atoms with Crippen molar-refractivity contribution in [1.82, 2.24) is 4.57 Å². The van der Waals surface area contributed by atoms with E-state index in [-0.39, 0.29) is 0 Å². The molecular formula is C22H28N2. The van der Waals surface area contributed by atoms with Crippen LogP contribution >= 0.6 is 0 Å². The normalized spacial score (nSPS) is 12.7. The molecule has 0 aliphatic carbocycles. The smallest absolute Gasteiger partial charge is 0.0485 e. The highest BCUT2D eigenvalue weighted by atomic mass is 15.0. The molecule has 0 fully saturated rings. The lowest BCUT2D eigenvalue weighted by Gasteiger charge is -2.17. The highest BCUT2D eigenvalue weighted by Crippen LogP contribution is 2.31. The van der Waals surface area contributed by atoms with Gasteiger partial charge in [-0.15, -0.1) is 0 Å². The molecule has 0 aliphatic heterocycles. The molecule has 0 saturated carbocycles. The number of hydrogen-bond acceptors (Lipinski definition) is 1. The summed E-state index contributed by atoms with van der Waals surface area (Å²) in [7, 11) is 0. The second kappa shape index (κ2) is 6.82. The van der Waals surface area contributed by atoms with Crippen LogP contribution in [0.3, 0.4) is 0 Å². The van der Waals surface area contributed by atoms with Gasteiger partial charge in [-0.1, -0.05) is 47.5 Å². The van der Waals surface area contributed by atoms with Crippen molar-refractivity contribution < 1.29 is 0 Å². The predicted molar refractivity (Wildman–Crippen MR) is 104 cm³/mol. The Hall–Kier alpha value is -2.06. The van der Waals surface area contributed by atoms with Gasteiger partial charge in [-0.05, 0) is 57.9 Å². The molecule has 1 aromatic heterocycles. The molecule has 24 heavy (non-hydrogen) atoms. The topological polar surface area (TPSA) is 30.9 Å². The van der Waals surface area contributed by atoms with Gasteiger partial charge >= 0.3 is 0 Å². The number of benzene rings is 2. The van der Waals surface area contributed by atoms with Crippen LogP contribution in [-0.2, 0) is 13.0 Å². The summed E-state index contributed by atoms with van der Waals surface area (Å²) in [6.07, 6.45) is 0.999. The van der Waals surface area contributed by atoms with Crippen LogP contribution in [0.15, 0.2) is 42.5 Å². The average molecular weight is 320 g/mol. The van der Waals surface area contributed by atoms with Gasteiger partial charge in [-0.2, -0.15) is 0 Å². The highest BCUT2D eigenvalue weighted by Gasteiger charge is 2.18. The number of hydrogen-bond donors (Lipinski definition) is 1. The first-order valence-corrected chi connectivity index (χ1v) is 8.90. The van der Waals surface area contributed by atoms with Crippen LogP contribution in [0.4, 0.5) is 0 Å². The van der Waals surface area contributed by atoms with Crippen molar-refractivity contribution in [1.29, 1.82) is 0 Å². The van der Waals surface area contributed by atoms with Gasteiger partial charge in [-0.3, -0.25) is 0 Å². The van der Waals surface area contributed by atoms with E-state index in [1.54, 1.807) is 0 Å². The van der Waals surface area contributed by atoms with Crippen LogP contribution in [0.5, 0.6) is 0 Å². The van der Waals surface area contributed by atoms with Crippen molar-refractivity contribution >= 4 is 10.9 Å². The lowest BCUT2D eigenvalue weighted by molar-refractivity contribution is 0.684. The van der Waals surface area contributed by atoms with Gasteiger partial charge in [-0.25, -0.2) is 0 Å². The van der Waals surface area contributed by atoms with Crippen molar-refractivity contribution in [3.05, 3.63) is 70.4 Å². The maximum absolute atomic E-state index is 6.18. The molecule has 1 heterocycles. The molecule has 2 N–H and O–H groups in total. The van der Waals surface area contributed by atoms with Gasteiger partial charge in [0, 0.05) is 29.1 Å². The fourth-order valence-electron chi connectivity index (χ4n) is 4.00. The van der Waals surface area contributed by atoms with E-state index >= 15 is 0 Å². The van der Waals surface area contributed by atoms with Crippen LogP contribution in [0.25, 0.3) is 10.9 Å². The summed E-state index contributed by atoms with van der Waals surface area (Å²) in [6.45, 7) is 10.5. The van der Waals surface area contributed by atoms with Crippen molar-refractivity contribution in [2.75, 3.05) is 6.54 Å². The summed E-state index contributed by atoms with van der Waals surface area (Å²) >= 11 is 0. The molecule has 126 valence electrons. The fraction of sp³-hybridized carbons (Fsp3) is 0.364. The molecule has 0 aliphatic rings. The molecule has 0 amide bonds. The Kier molecular flexibility index (Phi) is 4.77. The number of nitrogens with zero attached hydrogens (tertiary/aromatic N) is 1. The number of para-hydroxylation sites is 1. The quantitative estimate of drug-likeness (QED) is 0.714. The number of rotatable bonds is 5. The lowest BCUT2D eigenvalue weighted by atomic mass is 9.89. The Balaban J connectivity index is 2.06. The summed E-state index contributed by atoms with van der Waals surface area (Å²) in [5.41, 5.74) is 14.3. The van der Waals surface area contributed by atoms with E-state index in [2.05, 4.69) is 74.7 Å². The zero-order valence-corrected chi connectivity index (χ0v) is 15.3. The molecule has 0 radical (unpaired) electrons. The van der Waals surface area contributed by atoms with E-state index < -0.39 is 0 Å². The number of aromatic nitrogens is 1. The molecule has 2 aromatic carbocycles. The predicted octanol–water partition coefficient (Wildman–Crippen LogP) is 4.87. The minimum absolute atomic E-state index is 0.360. The Morgan fingerprint density at radius 2 is 1.67 bits per heavy atom. The van der Waals surface area contributed by atoms with Gasteiger partial charge in [0.25, 0.3) is 0 Å². The summed E-state index contributed by atoms with van der Waals surface area (Å²) < 4.78 is 2.42. The third kappa shape index (κ3) is 2.99. The van der Waals surface area contributed by atoms with E-state index in [4.69, 9.17) is 5.73 Å². The van der Waals surface area contributed by atoms with E-state index in [1.165, 1.54) is 38.9 Å². The molecule has 0 saturated heterocycles. The van der Waals surface area contributed by atoms with Gasteiger partial charge in [0.1, 0.15) is 0 Å². The number of nitrogens with two attached hydrogens (primary N) is 1. The maximum Gasteiger partial charge on any atom is 0.0485 e. The maximum atomic E-state index is 6.18. The Bertz CT molecular complexity index is 838. The van der Waals surface area contributed by atoms with E-state index in [0.717, 1.165) is 13.0 Å². The molecular weight excluding hydrogens is 292 g/mol. The first-order valence-electron chi connectivity index (χ1n) is 8.90. The molecule has 2 nitrogen and oxygen atoms in total. The van der Waals surface area contributed by atoms with Crippen LogP contribution in [0.1, 0.15) is 40.8 Å². The highest BCUT2D eigenvalue weighted by molar-refractivity contribution is 5.85. The first kappa shape index (κ1) is 16.8. The first-order chi connectivity index (χ1) is 11.5.